The van der Waals surface area contributed by atoms with E-state index in [1.165, 1.54) is 218 Å². The van der Waals surface area contributed by atoms with Gasteiger partial charge in [-0.1, -0.05) is 232 Å². The van der Waals surface area contributed by atoms with Crippen LogP contribution in [0.15, 0.2) is 0 Å². The van der Waals surface area contributed by atoms with Crippen LogP contribution in [0.2, 0.25) is 0 Å². The summed E-state index contributed by atoms with van der Waals surface area (Å²) in [7, 11) is 0. The number of amides is 1. The van der Waals surface area contributed by atoms with Crippen molar-refractivity contribution in [3.05, 3.63) is 0 Å². The van der Waals surface area contributed by atoms with Gasteiger partial charge in [0.2, 0.25) is 5.91 Å². The van der Waals surface area contributed by atoms with E-state index in [0.717, 1.165) is 19.4 Å². The van der Waals surface area contributed by atoms with Gasteiger partial charge < -0.3 is 19.5 Å². The van der Waals surface area contributed by atoms with Gasteiger partial charge in [0.25, 0.3) is 0 Å². The maximum atomic E-state index is 12.5. The number of carbonyl (C=O) groups is 2. The van der Waals surface area contributed by atoms with Gasteiger partial charge in [-0.3, -0.25) is 4.79 Å². The zero-order valence-corrected chi connectivity index (χ0v) is 36.4. The summed E-state index contributed by atoms with van der Waals surface area (Å²) < 4.78 is 17.7. The Balaban J connectivity index is 2.01. The maximum Gasteiger partial charge on any atom is 0.328 e. The minimum atomic E-state index is -0.520. The van der Waals surface area contributed by atoms with E-state index >= 15 is 0 Å². The molecule has 1 unspecified atom stereocenters. The molecule has 6 nitrogen and oxygen atoms in total. The Morgan fingerprint density at radius 3 is 1.17 bits per heavy atom. The summed E-state index contributed by atoms with van der Waals surface area (Å²) in [4.78, 5) is 24.0. The standard InChI is InChI=1S/C48H93NO5/c1-3-5-7-9-11-13-15-17-19-21-23-25-27-29-31-33-35-37-41-52-43-45(44-54-48(51)46-39-40-47(50)49-46)53-42-38-36-34-32-30-28-26-24-22-20-18-16-14-12-10-8-6-4-2/h45-46H,3-44H2,1-2H3,(H,49,50)/t45?,46-/m0/s1. The summed E-state index contributed by atoms with van der Waals surface area (Å²) >= 11 is 0. The molecule has 0 aromatic rings. The lowest BCUT2D eigenvalue weighted by molar-refractivity contribution is -0.152. The third-order valence-corrected chi connectivity index (χ3v) is 11.5. The second kappa shape index (κ2) is 41.5. The molecule has 0 aromatic carbocycles. The molecule has 0 radical (unpaired) electrons. The predicted molar refractivity (Wildman–Crippen MR) is 230 cm³/mol. The first kappa shape index (κ1) is 50.9. The molecule has 320 valence electrons. The SMILES string of the molecule is CCCCCCCCCCCCCCCCCCCCOCC(COC(=O)[C@@H]1CCC(=O)N1)OCCCCCCCCCCCCCCCCCCCC. The van der Waals surface area contributed by atoms with Gasteiger partial charge in [-0.25, -0.2) is 4.79 Å². The van der Waals surface area contributed by atoms with Crippen molar-refractivity contribution >= 4 is 11.9 Å². The van der Waals surface area contributed by atoms with Gasteiger partial charge >= 0.3 is 5.97 Å². The van der Waals surface area contributed by atoms with E-state index in [0.29, 0.717) is 26.1 Å². The molecule has 0 spiro atoms. The average molecular weight is 764 g/mol. The fourth-order valence-electron chi connectivity index (χ4n) is 7.79. The smallest absolute Gasteiger partial charge is 0.328 e. The minimum absolute atomic E-state index is 0.0773. The van der Waals surface area contributed by atoms with Crippen LogP contribution in [0.1, 0.15) is 258 Å². The predicted octanol–water partition coefficient (Wildman–Crippen LogP) is 14.3. The van der Waals surface area contributed by atoms with Crippen LogP contribution in [-0.4, -0.2) is 50.4 Å². The van der Waals surface area contributed by atoms with E-state index in [2.05, 4.69) is 19.2 Å². The number of nitrogens with one attached hydrogen (secondary N) is 1. The van der Waals surface area contributed by atoms with Crippen LogP contribution in [-0.2, 0) is 23.8 Å². The number of rotatable bonds is 44. The van der Waals surface area contributed by atoms with Crippen LogP contribution in [0.25, 0.3) is 0 Å². The number of ether oxygens (including phenoxy) is 3. The molecule has 1 heterocycles. The first-order chi connectivity index (χ1) is 26.7. The fraction of sp³-hybridized carbons (Fsp3) is 0.958. The molecule has 54 heavy (non-hydrogen) atoms. The van der Waals surface area contributed by atoms with Crippen molar-refractivity contribution in [3.8, 4) is 0 Å². The Kier molecular flexibility index (Phi) is 39.1. The average Bonchev–Trinajstić information content (AvgIpc) is 3.62. The van der Waals surface area contributed by atoms with Gasteiger partial charge in [-0.15, -0.1) is 0 Å². The first-order valence-corrected chi connectivity index (χ1v) is 24.3. The Labute approximate surface area is 336 Å². The molecule has 1 fully saturated rings. The van der Waals surface area contributed by atoms with Gasteiger partial charge in [0, 0.05) is 19.6 Å². The van der Waals surface area contributed by atoms with E-state index in [-0.39, 0.29) is 24.6 Å². The van der Waals surface area contributed by atoms with E-state index in [9.17, 15) is 9.59 Å². The normalized spacial score (nSPS) is 14.9. The summed E-state index contributed by atoms with van der Waals surface area (Å²) in [6.07, 6.45) is 49.9. The van der Waals surface area contributed by atoms with Crippen molar-refractivity contribution in [3.63, 3.8) is 0 Å². The number of esters is 1. The number of hydrogen-bond acceptors (Lipinski definition) is 5. The lowest BCUT2D eigenvalue weighted by Crippen LogP contribution is -2.37. The van der Waals surface area contributed by atoms with E-state index in [4.69, 9.17) is 14.2 Å². The van der Waals surface area contributed by atoms with Gasteiger partial charge in [0.15, 0.2) is 0 Å². The third-order valence-electron chi connectivity index (χ3n) is 11.5. The van der Waals surface area contributed by atoms with Crippen LogP contribution >= 0.6 is 0 Å². The summed E-state index contributed by atoms with van der Waals surface area (Å²) in [5.41, 5.74) is 0. The molecule has 1 N–H and O–H groups in total. The highest BCUT2D eigenvalue weighted by molar-refractivity contribution is 5.88. The summed E-state index contributed by atoms with van der Waals surface area (Å²) in [5, 5.41) is 2.71. The first-order valence-electron chi connectivity index (χ1n) is 24.3. The maximum absolute atomic E-state index is 12.5. The van der Waals surface area contributed by atoms with Gasteiger partial charge in [0.05, 0.1) is 6.61 Å². The molecule has 1 amide bonds. The van der Waals surface area contributed by atoms with Crippen LogP contribution in [0.5, 0.6) is 0 Å². The third kappa shape index (κ3) is 35.3. The van der Waals surface area contributed by atoms with Crippen molar-refractivity contribution in [2.75, 3.05) is 26.4 Å². The molecule has 1 saturated heterocycles. The van der Waals surface area contributed by atoms with E-state index in [1.807, 2.05) is 0 Å². The molecule has 1 aliphatic heterocycles. The summed E-state index contributed by atoms with van der Waals surface area (Å²) in [6, 6.07) is -0.520. The van der Waals surface area contributed by atoms with E-state index in [1.54, 1.807) is 0 Å². The molecule has 0 bridgehead atoms. The van der Waals surface area contributed by atoms with Crippen molar-refractivity contribution in [2.24, 2.45) is 0 Å². The molecule has 0 aromatic heterocycles. The summed E-state index contributed by atoms with van der Waals surface area (Å²) in [6.45, 7) is 6.61. The minimum Gasteiger partial charge on any atom is -0.461 e. The zero-order chi connectivity index (χ0) is 38.8. The molecule has 6 heteroatoms. The van der Waals surface area contributed by atoms with Crippen LogP contribution in [0.3, 0.4) is 0 Å². The fourth-order valence-corrected chi connectivity index (χ4v) is 7.79. The number of carbonyl (C=O) groups excluding carboxylic acids is 2. The molecule has 2 atom stereocenters. The molecular weight excluding hydrogens is 671 g/mol. The van der Waals surface area contributed by atoms with Crippen molar-refractivity contribution < 1.29 is 23.8 Å². The zero-order valence-electron chi connectivity index (χ0n) is 36.4. The Bertz CT molecular complexity index is 791. The Hall–Kier alpha value is -1.14. The molecular formula is C48H93NO5. The van der Waals surface area contributed by atoms with Gasteiger partial charge in [-0.2, -0.15) is 0 Å². The second-order valence-corrected chi connectivity index (χ2v) is 16.9. The van der Waals surface area contributed by atoms with Crippen LogP contribution in [0, 0.1) is 0 Å². The monoisotopic (exact) mass is 764 g/mol. The highest BCUT2D eigenvalue weighted by Crippen LogP contribution is 2.17. The lowest BCUT2D eigenvalue weighted by Gasteiger charge is -2.19. The highest BCUT2D eigenvalue weighted by Gasteiger charge is 2.29. The second-order valence-electron chi connectivity index (χ2n) is 16.9. The Morgan fingerprint density at radius 1 is 0.500 bits per heavy atom. The topological polar surface area (TPSA) is 73.9 Å². The van der Waals surface area contributed by atoms with Crippen LogP contribution < -0.4 is 5.32 Å². The van der Waals surface area contributed by atoms with Crippen molar-refractivity contribution in [1.29, 1.82) is 0 Å². The van der Waals surface area contributed by atoms with E-state index < -0.39 is 6.04 Å². The van der Waals surface area contributed by atoms with Gasteiger partial charge in [0.1, 0.15) is 18.8 Å². The van der Waals surface area contributed by atoms with Crippen molar-refractivity contribution in [2.45, 2.75) is 270 Å². The molecule has 1 rings (SSSR count). The largest absolute Gasteiger partial charge is 0.461 e. The Morgan fingerprint density at radius 2 is 0.833 bits per heavy atom. The van der Waals surface area contributed by atoms with Crippen molar-refractivity contribution in [1.82, 2.24) is 5.32 Å². The summed E-state index contributed by atoms with van der Waals surface area (Å²) in [5.74, 6) is -0.433. The highest BCUT2D eigenvalue weighted by atomic mass is 16.6. The quantitative estimate of drug-likeness (QED) is 0.0494. The molecule has 0 aliphatic carbocycles. The lowest BCUT2D eigenvalue weighted by atomic mass is 10.0. The van der Waals surface area contributed by atoms with Gasteiger partial charge in [-0.05, 0) is 19.3 Å². The molecule has 0 saturated carbocycles. The number of unbranched alkanes of at least 4 members (excludes halogenated alkanes) is 34. The molecule has 1 aliphatic rings. The van der Waals surface area contributed by atoms with Crippen LogP contribution in [0.4, 0.5) is 0 Å². The number of hydrogen-bond donors (Lipinski definition) is 1.